The number of nitrogens with zero attached hydrogens (tertiary/aromatic N) is 1. The molecule has 2 aliphatic rings. The second-order valence-corrected chi connectivity index (χ2v) is 11.1. The molecular formula is C32H33ClN2O5. The van der Waals surface area contributed by atoms with Crippen LogP contribution in [0.2, 0.25) is 5.02 Å². The number of ether oxygens (including phenoxy) is 1. The van der Waals surface area contributed by atoms with Crippen LogP contribution in [0, 0.1) is 17.8 Å². The number of hydrogen-bond donors (Lipinski definition) is 2. The van der Waals surface area contributed by atoms with E-state index in [1.165, 1.54) is 6.92 Å². The summed E-state index contributed by atoms with van der Waals surface area (Å²) in [6.07, 6.45) is 2.41. The Hall–Kier alpha value is -3.84. The molecular weight excluding hydrogens is 528 g/mol. The number of ketones is 1. The highest BCUT2D eigenvalue weighted by molar-refractivity contribution is 6.30. The number of carbonyl (C=O) groups is 3. The SMILES string of the molecule is CC(=O)N(c1ccc(Cl)cc1)[C@H]1c2ccccc2N[C@@H](C)C1C(=O)c1ccc(OCC2CCCC2C(=O)O)cc1. The van der Waals surface area contributed by atoms with Gasteiger partial charge in [-0.25, -0.2) is 0 Å². The normalized spacial score (nSPS) is 23.5. The number of fused-ring (bicyclic) bond motifs is 1. The van der Waals surface area contributed by atoms with Gasteiger partial charge in [0.2, 0.25) is 5.91 Å². The summed E-state index contributed by atoms with van der Waals surface area (Å²) >= 11 is 6.13. The highest BCUT2D eigenvalue weighted by Crippen LogP contribution is 2.44. The van der Waals surface area contributed by atoms with Gasteiger partial charge in [0.15, 0.2) is 5.78 Å². The van der Waals surface area contributed by atoms with E-state index in [2.05, 4.69) is 5.32 Å². The number of carboxylic acids is 1. The minimum atomic E-state index is -0.767. The van der Waals surface area contributed by atoms with E-state index >= 15 is 0 Å². The number of para-hydroxylation sites is 1. The van der Waals surface area contributed by atoms with E-state index in [1.54, 1.807) is 53.4 Å². The fourth-order valence-corrected chi connectivity index (χ4v) is 6.30. The Balaban J connectivity index is 1.43. The lowest BCUT2D eigenvalue weighted by molar-refractivity contribution is -0.143. The maximum absolute atomic E-state index is 14.1. The fraction of sp³-hybridized carbons (Fsp3) is 0.344. The summed E-state index contributed by atoms with van der Waals surface area (Å²) in [6, 6.07) is 21.0. The van der Waals surface area contributed by atoms with Crippen LogP contribution in [0.5, 0.6) is 5.75 Å². The summed E-state index contributed by atoms with van der Waals surface area (Å²) in [6.45, 7) is 3.81. The van der Waals surface area contributed by atoms with Crippen molar-refractivity contribution in [1.82, 2.24) is 0 Å². The van der Waals surface area contributed by atoms with Gasteiger partial charge >= 0.3 is 5.97 Å². The van der Waals surface area contributed by atoms with Crippen LogP contribution in [0.1, 0.15) is 55.1 Å². The Kier molecular flexibility index (Phi) is 8.12. The summed E-state index contributed by atoms with van der Waals surface area (Å²) < 4.78 is 5.93. The number of anilines is 2. The van der Waals surface area contributed by atoms with Crippen LogP contribution >= 0.6 is 11.6 Å². The van der Waals surface area contributed by atoms with E-state index < -0.39 is 17.9 Å². The summed E-state index contributed by atoms with van der Waals surface area (Å²) in [4.78, 5) is 40.5. The third-order valence-corrected chi connectivity index (χ3v) is 8.40. The molecule has 5 atom stereocenters. The molecule has 0 saturated heterocycles. The van der Waals surface area contributed by atoms with Gasteiger partial charge in [-0.2, -0.15) is 0 Å². The summed E-state index contributed by atoms with van der Waals surface area (Å²) in [5.41, 5.74) is 2.94. The lowest BCUT2D eigenvalue weighted by Crippen LogP contribution is -2.49. The van der Waals surface area contributed by atoms with Crippen LogP contribution < -0.4 is 15.0 Å². The standard InChI is InChI=1S/C32H33ClN2O5/c1-19-29(31(37)21-10-16-25(17-11-21)40-18-22-6-5-8-26(22)32(38)39)30(27-7-3-4-9-28(27)34-19)35(20(2)36)24-14-12-23(33)13-15-24/h3-4,7,9-17,19,22,26,29-30,34H,5-6,8,18H2,1-2H3,(H,38,39)/t19-,22?,26?,29?,30-/m0/s1. The molecule has 208 valence electrons. The van der Waals surface area contributed by atoms with Crippen LogP contribution in [0.25, 0.3) is 0 Å². The van der Waals surface area contributed by atoms with Gasteiger partial charge in [0.25, 0.3) is 0 Å². The van der Waals surface area contributed by atoms with Crippen LogP contribution in [0.3, 0.4) is 0 Å². The average molecular weight is 561 g/mol. The monoisotopic (exact) mass is 560 g/mol. The van der Waals surface area contributed by atoms with Gasteiger partial charge < -0.3 is 20.1 Å². The third kappa shape index (κ3) is 5.56. The molecule has 1 aliphatic carbocycles. The highest BCUT2D eigenvalue weighted by atomic mass is 35.5. The summed E-state index contributed by atoms with van der Waals surface area (Å²) in [7, 11) is 0. The topological polar surface area (TPSA) is 95.9 Å². The first-order valence-electron chi connectivity index (χ1n) is 13.7. The number of benzene rings is 3. The lowest BCUT2D eigenvalue weighted by atomic mass is 9.77. The second kappa shape index (κ2) is 11.7. The van der Waals surface area contributed by atoms with Crippen LogP contribution in [-0.4, -0.2) is 35.4 Å². The van der Waals surface area contributed by atoms with E-state index in [1.807, 2.05) is 31.2 Å². The quantitative estimate of drug-likeness (QED) is 0.300. The van der Waals surface area contributed by atoms with Gasteiger partial charge in [0.05, 0.1) is 24.5 Å². The first kappa shape index (κ1) is 27.7. The maximum Gasteiger partial charge on any atom is 0.306 e. The zero-order chi connectivity index (χ0) is 28.4. The van der Waals surface area contributed by atoms with Crippen molar-refractivity contribution in [1.29, 1.82) is 0 Å². The molecule has 0 bridgehead atoms. The van der Waals surface area contributed by atoms with Crippen molar-refractivity contribution in [2.24, 2.45) is 17.8 Å². The van der Waals surface area contributed by atoms with Crippen molar-refractivity contribution in [3.05, 3.63) is 88.9 Å². The van der Waals surface area contributed by atoms with Gasteiger partial charge in [-0.3, -0.25) is 14.4 Å². The molecule has 40 heavy (non-hydrogen) atoms. The van der Waals surface area contributed by atoms with Crippen molar-refractivity contribution in [3.8, 4) is 5.75 Å². The third-order valence-electron chi connectivity index (χ3n) is 8.15. The zero-order valence-electron chi connectivity index (χ0n) is 22.5. The van der Waals surface area contributed by atoms with Gasteiger partial charge in [0.1, 0.15) is 5.75 Å². The molecule has 3 aromatic rings. The van der Waals surface area contributed by atoms with Crippen LogP contribution in [-0.2, 0) is 9.59 Å². The molecule has 5 rings (SSSR count). The molecule has 0 spiro atoms. The molecule has 1 aliphatic heterocycles. The molecule has 1 amide bonds. The molecule has 0 radical (unpaired) electrons. The van der Waals surface area contributed by atoms with E-state index in [0.717, 1.165) is 24.1 Å². The smallest absolute Gasteiger partial charge is 0.306 e. The molecule has 1 fully saturated rings. The predicted octanol–water partition coefficient (Wildman–Crippen LogP) is 6.63. The average Bonchev–Trinajstić information content (AvgIpc) is 3.42. The number of hydrogen-bond acceptors (Lipinski definition) is 5. The Morgan fingerprint density at radius 2 is 1.70 bits per heavy atom. The molecule has 2 N–H and O–H groups in total. The first-order valence-corrected chi connectivity index (χ1v) is 14.0. The van der Waals surface area contributed by atoms with Crippen molar-refractivity contribution in [3.63, 3.8) is 0 Å². The number of nitrogens with one attached hydrogen (secondary N) is 1. The Morgan fingerprint density at radius 1 is 1.00 bits per heavy atom. The highest BCUT2D eigenvalue weighted by Gasteiger charge is 2.44. The Labute approximate surface area is 239 Å². The number of aliphatic carboxylic acids is 1. The first-order chi connectivity index (χ1) is 19.2. The number of carbonyl (C=O) groups excluding carboxylic acids is 2. The molecule has 3 aromatic carbocycles. The summed E-state index contributed by atoms with van der Waals surface area (Å²) in [5, 5.41) is 13.5. The minimum absolute atomic E-state index is 0.0146. The van der Waals surface area contributed by atoms with E-state index in [4.69, 9.17) is 16.3 Å². The lowest BCUT2D eigenvalue weighted by Gasteiger charge is -2.43. The van der Waals surface area contributed by atoms with Gasteiger partial charge in [-0.05, 0) is 79.9 Å². The number of halogens is 1. The van der Waals surface area contributed by atoms with Gasteiger partial charge in [-0.15, -0.1) is 0 Å². The number of Topliss-reactive ketones (excluding diaryl/α,β-unsaturated/α-hetero) is 1. The van der Waals surface area contributed by atoms with Crippen molar-refractivity contribution in [2.45, 2.75) is 45.2 Å². The Morgan fingerprint density at radius 3 is 2.38 bits per heavy atom. The molecule has 8 heteroatoms. The molecule has 0 aromatic heterocycles. The van der Waals surface area contributed by atoms with Crippen molar-refractivity contribution >= 4 is 40.6 Å². The zero-order valence-corrected chi connectivity index (χ0v) is 23.3. The number of carboxylic acid groups (broad SMARTS) is 1. The molecule has 7 nitrogen and oxygen atoms in total. The van der Waals surface area contributed by atoms with E-state index in [-0.39, 0.29) is 29.6 Å². The van der Waals surface area contributed by atoms with Gasteiger partial charge in [0, 0.05) is 40.8 Å². The van der Waals surface area contributed by atoms with Crippen LogP contribution in [0.4, 0.5) is 11.4 Å². The van der Waals surface area contributed by atoms with E-state index in [0.29, 0.717) is 35.1 Å². The van der Waals surface area contributed by atoms with Gasteiger partial charge in [-0.1, -0.05) is 36.2 Å². The van der Waals surface area contributed by atoms with E-state index in [9.17, 15) is 19.5 Å². The largest absolute Gasteiger partial charge is 0.493 e. The second-order valence-electron chi connectivity index (χ2n) is 10.7. The Bertz CT molecular complexity index is 1390. The maximum atomic E-state index is 14.1. The molecule has 1 heterocycles. The number of rotatable bonds is 8. The predicted molar refractivity (Wildman–Crippen MR) is 155 cm³/mol. The minimum Gasteiger partial charge on any atom is -0.493 e. The fourth-order valence-electron chi connectivity index (χ4n) is 6.17. The van der Waals surface area contributed by atoms with Crippen LogP contribution in [0.15, 0.2) is 72.8 Å². The van der Waals surface area contributed by atoms with Crippen molar-refractivity contribution < 1.29 is 24.2 Å². The number of amides is 1. The summed E-state index contributed by atoms with van der Waals surface area (Å²) in [5.74, 6) is -1.40. The molecule has 3 unspecified atom stereocenters. The molecule has 1 saturated carbocycles. The van der Waals surface area contributed by atoms with Crippen molar-refractivity contribution in [2.75, 3.05) is 16.8 Å².